The van der Waals surface area contributed by atoms with Crippen LogP contribution in [-0.4, -0.2) is 83.4 Å². The predicted octanol–water partition coefficient (Wildman–Crippen LogP) is 2.48. The normalized spacial score (nSPS) is 20.9. The van der Waals surface area contributed by atoms with Gasteiger partial charge in [-0.3, -0.25) is 19.6 Å². The second-order valence-corrected chi connectivity index (χ2v) is 8.75. The highest BCUT2D eigenvalue weighted by Crippen LogP contribution is 2.48. The number of carboxylic acid groups (broad SMARTS) is 1. The van der Waals surface area contributed by atoms with Crippen molar-refractivity contribution in [3.8, 4) is 5.75 Å². The molecule has 2 fully saturated rings. The van der Waals surface area contributed by atoms with Crippen LogP contribution in [0.2, 0.25) is 0 Å². The van der Waals surface area contributed by atoms with Gasteiger partial charge in [-0.25, -0.2) is 0 Å². The van der Waals surface area contributed by atoms with Crippen LogP contribution in [0.1, 0.15) is 54.8 Å². The quantitative estimate of drug-likeness (QED) is 0.550. The number of amides is 1. The van der Waals surface area contributed by atoms with Crippen molar-refractivity contribution in [3.63, 3.8) is 0 Å². The molecule has 1 amide bonds. The first kappa shape index (κ1) is 23.3. The molecule has 1 atom stereocenters. The zero-order valence-corrected chi connectivity index (χ0v) is 19.1. The third-order valence-corrected chi connectivity index (χ3v) is 6.69. The molecular formula is C24H33N5O4. The molecule has 3 aliphatic rings. The number of anilines is 1. The lowest BCUT2D eigenvalue weighted by Crippen LogP contribution is -2.47. The maximum atomic E-state index is 12.4. The third kappa shape index (κ3) is 5.54. The number of carbonyl (C=O) groups is 2. The number of nitrogens with zero attached hydrogens (tertiary/aromatic N) is 3. The first-order valence-electron chi connectivity index (χ1n) is 11.8. The Morgan fingerprint density at radius 2 is 1.88 bits per heavy atom. The van der Waals surface area contributed by atoms with E-state index in [9.17, 15) is 4.79 Å². The number of fused-ring (bicyclic) bond motifs is 1. The molecule has 178 valence electrons. The van der Waals surface area contributed by atoms with Gasteiger partial charge in [0.15, 0.2) is 5.82 Å². The van der Waals surface area contributed by atoms with Crippen molar-refractivity contribution in [1.82, 2.24) is 20.0 Å². The Morgan fingerprint density at radius 3 is 2.58 bits per heavy atom. The van der Waals surface area contributed by atoms with Crippen molar-refractivity contribution in [2.45, 2.75) is 38.0 Å². The fourth-order valence-electron chi connectivity index (χ4n) is 4.75. The van der Waals surface area contributed by atoms with E-state index < -0.39 is 0 Å². The van der Waals surface area contributed by atoms with Crippen molar-refractivity contribution in [1.29, 1.82) is 0 Å². The summed E-state index contributed by atoms with van der Waals surface area (Å²) in [6.07, 6.45) is 2.82. The Morgan fingerprint density at radius 1 is 1.18 bits per heavy atom. The van der Waals surface area contributed by atoms with Crippen LogP contribution in [0.3, 0.4) is 0 Å². The number of nitrogens with one attached hydrogen (secondary N) is 2. The molecule has 0 bridgehead atoms. The number of H-pyrrole nitrogens is 1. The molecule has 1 unspecified atom stereocenters. The van der Waals surface area contributed by atoms with E-state index in [0.717, 1.165) is 56.1 Å². The first-order valence-corrected chi connectivity index (χ1v) is 11.8. The lowest BCUT2D eigenvalue weighted by atomic mass is 9.84. The number of piperazine rings is 1. The highest BCUT2D eigenvalue weighted by atomic mass is 16.5. The zero-order chi connectivity index (χ0) is 23.2. The second-order valence-electron chi connectivity index (χ2n) is 8.75. The molecule has 2 aliphatic heterocycles. The number of aromatic amines is 1. The van der Waals surface area contributed by atoms with Crippen LogP contribution in [0.15, 0.2) is 24.3 Å². The summed E-state index contributed by atoms with van der Waals surface area (Å²) in [4.78, 5) is 25.7. The van der Waals surface area contributed by atoms with Crippen molar-refractivity contribution in [3.05, 3.63) is 41.1 Å². The van der Waals surface area contributed by atoms with Gasteiger partial charge in [0, 0.05) is 67.8 Å². The standard InChI is InChI=1S/C23H31N5O2.CH2O2/c1-2-27-9-11-28(12-10-27)13-14-30-19-6-4-3-5-17(19)18-15-20(29)24-23-21(18)22(25-26-23)16-7-8-16;2-1-3/h3-6,16,18H,2,7-15H2,1H3,(H2,24,25,26,29);1H,(H,2,3). The van der Waals surface area contributed by atoms with E-state index in [2.05, 4.69) is 38.3 Å². The minimum atomic E-state index is -0.250. The Bertz CT molecular complexity index is 950. The zero-order valence-electron chi connectivity index (χ0n) is 19.1. The molecule has 1 aromatic heterocycles. The molecule has 1 aromatic carbocycles. The van der Waals surface area contributed by atoms with Gasteiger partial charge in [-0.1, -0.05) is 25.1 Å². The molecule has 1 saturated heterocycles. The number of hydrogen-bond donors (Lipinski definition) is 3. The fourth-order valence-corrected chi connectivity index (χ4v) is 4.75. The number of ether oxygens (including phenoxy) is 1. The molecule has 5 rings (SSSR count). The van der Waals surface area contributed by atoms with Gasteiger partial charge < -0.3 is 20.1 Å². The number of hydrogen-bond acceptors (Lipinski definition) is 6. The summed E-state index contributed by atoms with van der Waals surface area (Å²) >= 11 is 0. The van der Waals surface area contributed by atoms with E-state index in [1.165, 1.54) is 18.5 Å². The van der Waals surface area contributed by atoms with E-state index in [1.807, 2.05) is 18.2 Å². The van der Waals surface area contributed by atoms with Crippen LogP contribution in [0.25, 0.3) is 0 Å². The SMILES string of the molecule is CCN1CCN(CCOc2ccccc2C2CC(=O)Nc3n[nH]c(C4CC4)c32)CC1.O=CO. The van der Waals surface area contributed by atoms with Crippen molar-refractivity contribution in [2.75, 3.05) is 51.2 Å². The Hall–Kier alpha value is -2.91. The van der Waals surface area contributed by atoms with Crippen molar-refractivity contribution < 1.29 is 19.4 Å². The van der Waals surface area contributed by atoms with E-state index in [1.54, 1.807) is 0 Å². The van der Waals surface area contributed by atoms with Gasteiger partial charge in [0.1, 0.15) is 12.4 Å². The Labute approximate surface area is 194 Å². The summed E-state index contributed by atoms with van der Waals surface area (Å²) in [7, 11) is 0. The summed E-state index contributed by atoms with van der Waals surface area (Å²) < 4.78 is 6.27. The van der Waals surface area contributed by atoms with Gasteiger partial charge in [-0.05, 0) is 25.5 Å². The van der Waals surface area contributed by atoms with E-state index in [4.69, 9.17) is 14.6 Å². The smallest absolute Gasteiger partial charge is 0.290 e. The van der Waals surface area contributed by atoms with Crippen LogP contribution in [0.5, 0.6) is 5.75 Å². The summed E-state index contributed by atoms with van der Waals surface area (Å²) in [6, 6.07) is 8.19. The monoisotopic (exact) mass is 455 g/mol. The van der Waals surface area contributed by atoms with Crippen molar-refractivity contribution in [2.24, 2.45) is 0 Å². The first-order chi connectivity index (χ1) is 16.1. The number of benzene rings is 1. The second kappa shape index (κ2) is 10.8. The minimum absolute atomic E-state index is 0.00704. The number of carbonyl (C=O) groups excluding carboxylic acids is 1. The molecule has 0 radical (unpaired) electrons. The molecule has 33 heavy (non-hydrogen) atoms. The Balaban J connectivity index is 0.000000821. The van der Waals surface area contributed by atoms with Crippen LogP contribution in [0, 0.1) is 0 Å². The Kier molecular flexibility index (Phi) is 7.61. The van der Waals surface area contributed by atoms with E-state index >= 15 is 0 Å². The predicted molar refractivity (Wildman–Crippen MR) is 125 cm³/mol. The van der Waals surface area contributed by atoms with Crippen LogP contribution in [-0.2, 0) is 9.59 Å². The number of para-hydroxylation sites is 1. The summed E-state index contributed by atoms with van der Waals surface area (Å²) in [6.45, 7) is 9.18. The molecule has 9 heteroatoms. The van der Waals surface area contributed by atoms with Gasteiger partial charge in [-0.15, -0.1) is 0 Å². The molecule has 1 aliphatic carbocycles. The molecule has 9 nitrogen and oxygen atoms in total. The molecule has 3 N–H and O–H groups in total. The lowest BCUT2D eigenvalue weighted by molar-refractivity contribution is -0.123. The van der Waals surface area contributed by atoms with E-state index in [0.29, 0.717) is 24.8 Å². The third-order valence-electron chi connectivity index (χ3n) is 6.69. The molecule has 2 aromatic rings. The average Bonchev–Trinajstić information content (AvgIpc) is 3.59. The summed E-state index contributed by atoms with van der Waals surface area (Å²) in [5, 5.41) is 17.4. The minimum Gasteiger partial charge on any atom is -0.492 e. The highest BCUT2D eigenvalue weighted by Gasteiger charge is 2.38. The maximum Gasteiger partial charge on any atom is 0.290 e. The lowest BCUT2D eigenvalue weighted by Gasteiger charge is -2.34. The van der Waals surface area contributed by atoms with Crippen LogP contribution >= 0.6 is 0 Å². The number of rotatable bonds is 7. The summed E-state index contributed by atoms with van der Waals surface area (Å²) in [5.74, 6) is 2.14. The molecule has 0 spiro atoms. The van der Waals surface area contributed by atoms with Crippen molar-refractivity contribution >= 4 is 18.2 Å². The topological polar surface area (TPSA) is 111 Å². The van der Waals surface area contributed by atoms with Gasteiger partial charge in [0.2, 0.25) is 5.91 Å². The van der Waals surface area contributed by atoms with Gasteiger partial charge >= 0.3 is 0 Å². The molecule has 3 heterocycles. The van der Waals surface area contributed by atoms with Crippen LogP contribution in [0.4, 0.5) is 5.82 Å². The molecule has 1 saturated carbocycles. The van der Waals surface area contributed by atoms with Gasteiger partial charge in [0.25, 0.3) is 6.47 Å². The fraction of sp³-hybridized carbons (Fsp3) is 0.542. The number of aromatic nitrogens is 2. The largest absolute Gasteiger partial charge is 0.492 e. The van der Waals surface area contributed by atoms with Crippen LogP contribution < -0.4 is 10.1 Å². The molecular weight excluding hydrogens is 422 g/mol. The maximum absolute atomic E-state index is 12.4. The van der Waals surface area contributed by atoms with E-state index in [-0.39, 0.29) is 18.3 Å². The summed E-state index contributed by atoms with van der Waals surface area (Å²) in [5.41, 5.74) is 3.44. The van der Waals surface area contributed by atoms with Gasteiger partial charge in [-0.2, -0.15) is 5.10 Å². The highest BCUT2D eigenvalue weighted by molar-refractivity contribution is 5.94. The number of likely N-dealkylation sites (N-methyl/N-ethyl adjacent to an activating group) is 1. The van der Waals surface area contributed by atoms with Gasteiger partial charge in [0.05, 0.1) is 0 Å². The average molecular weight is 456 g/mol.